The summed E-state index contributed by atoms with van der Waals surface area (Å²) in [5.41, 5.74) is 0.626. The molecule has 3 saturated heterocycles. The van der Waals surface area contributed by atoms with Gasteiger partial charge in [-0.1, -0.05) is 24.3 Å². The second kappa shape index (κ2) is 10.0. The molecule has 0 aliphatic carbocycles. The van der Waals surface area contributed by atoms with E-state index in [0.717, 1.165) is 62.6 Å². The molecular formula is C30H33FN6O3. The number of nitrogens with zero attached hydrogens (tertiary/aromatic N) is 5. The Kier molecular flexibility index (Phi) is 6.31. The minimum atomic E-state index is -0.600. The average Bonchev–Trinajstić information content (AvgIpc) is 3.57. The molecule has 40 heavy (non-hydrogen) atoms. The third kappa shape index (κ3) is 4.17. The van der Waals surface area contributed by atoms with Crippen LogP contribution in [0.4, 0.5) is 10.2 Å². The summed E-state index contributed by atoms with van der Waals surface area (Å²) in [6.45, 7) is 5.63. The Hall–Kier alpha value is -3.76. The van der Waals surface area contributed by atoms with Crippen molar-refractivity contribution < 1.29 is 19.0 Å². The Balaban J connectivity index is 1.40. The number of pyridine rings is 1. The number of hydrogen-bond donors (Lipinski definition) is 2. The fourth-order valence-corrected chi connectivity index (χ4v) is 6.75. The lowest BCUT2D eigenvalue weighted by atomic mass is 9.95. The number of piperazine rings is 1. The van der Waals surface area contributed by atoms with Crippen LogP contribution in [-0.4, -0.2) is 83.5 Å². The van der Waals surface area contributed by atoms with Gasteiger partial charge in [0.15, 0.2) is 5.82 Å². The molecule has 0 atom stereocenters. The molecular weight excluding hydrogens is 511 g/mol. The van der Waals surface area contributed by atoms with Crippen molar-refractivity contribution in [2.75, 3.05) is 57.9 Å². The highest BCUT2D eigenvalue weighted by Crippen LogP contribution is 2.42. The molecule has 10 heteroatoms. The SMILES string of the molecule is COc1nc(-c2cc(O)cc3ccccc23)c(F)c2nc(OCC34CCCN3CCC4)nc(N3CCNCC3)c12. The molecule has 4 aromatic rings. The lowest BCUT2D eigenvalue weighted by Gasteiger charge is -2.32. The van der Waals surface area contributed by atoms with Crippen LogP contribution in [0.1, 0.15) is 25.7 Å². The number of methoxy groups -OCH3 is 1. The summed E-state index contributed by atoms with van der Waals surface area (Å²) in [5, 5.41) is 15.8. The standard InChI is InChI=1S/C30H33FN6O3/c1-39-28-23-26(24(31)25(33-28)22-17-20(38)16-19-6-2-3-7-21(19)22)34-29(35-27(23)36-14-10-32-11-15-36)40-18-30-8-4-12-37(30)13-5-9-30/h2-3,6-7,16-17,32,38H,4-5,8-15,18H2,1H3. The Morgan fingerprint density at radius 1 is 1.02 bits per heavy atom. The van der Waals surface area contributed by atoms with Crippen molar-refractivity contribution in [1.82, 2.24) is 25.2 Å². The number of hydrogen-bond acceptors (Lipinski definition) is 9. The zero-order valence-corrected chi connectivity index (χ0v) is 22.6. The lowest BCUT2D eigenvalue weighted by molar-refractivity contribution is 0.108. The van der Waals surface area contributed by atoms with Gasteiger partial charge in [-0.2, -0.15) is 9.97 Å². The van der Waals surface area contributed by atoms with Crippen LogP contribution in [0, 0.1) is 5.82 Å². The second-order valence-corrected chi connectivity index (χ2v) is 11.0. The summed E-state index contributed by atoms with van der Waals surface area (Å²) < 4.78 is 28.7. The number of phenols is 1. The first-order chi connectivity index (χ1) is 19.6. The number of phenolic OH excluding ortho intramolecular Hbond substituents is 1. The number of anilines is 1. The molecule has 3 fully saturated rings. The summed E-state index contributed by atoms with van der Waals surface area (Å²) in [4.78, 5) is 18.7. The van der Waals surface area contributed by atoms with Crippen molar-refractivity contribution in [3.8, 4) is 28.9 Å². The van der Waals surface area contributed by atoms with Crippen LogP contribution < -0.4 is 19.7 Å². The largest absolute Gasteiger partial charge is 0.508 e. The summed E-state index contributed by atoms with van der Waals surface area (Å²) in [5.74, 6) is 0.218. The molecule has 7 rings (SSSR count). The smallest absolute Gasteiger partial charge is 0.319 e. The van der Waals surface area contributed by atoms with Crippen molar-refractivity contribution >= 4 is 27.5 Å². The quantitative estimate of drug-likeness (QED) is 0.372. The number of aromatic hydroxyl groups is 1. The Morgan fingerprint density at radius 2 is 1.80 bits per heavy atom. The van der Waals surface area contributed by atoms with Gasteiger partial charge in [0.05, 0.1) is 12.6 Å². The molecule has 9 nitrogen and oxygen atoms in total. The van der Waals surface area contributed by atoms with E-state index in [1.54, 1.807) is 6.07 Å². The first-order valence-electron chi connectivity index (χ1n) is 14.1. The monoisotopic (exact) mass is 544 g/mol. The highest BCUT2D eigenvalue weighted by molar-refractivity contribution is 6.01. The summed E-state index contributed by atoms with van der Waals surface area (Å²) in [6, 6.07) is 10.9. The van der Waals surface area contributed by atoms with Crippen LogP contribution in [-0.2, 0) is 0 Å². The number of benzene rings is 2. The van der Waals surface area contributed by atoms with Crippen molar-refractivity contribution in [1.29, 1.82) is 0 Å². The van der Waals surface area contributed by atoms with Gasteiger partial charge in [-0.15, -0.1) is 0 Å². The number of aromatic nitrogens is 3. The number of ether oxygens (including phenoxy) is 2. The Bertz CT molecular complexity index is 1580. The third-order valence-corrected chi connectivity index (χ3v) is 8.71. The van der Waals surface area contributed by atoms with Crippen molar-refractivity contribution in [2.24, 2.45) is 0 Å². The predicted octanol–water partition coefficient (Wildman–Crippen LogP) is 4.12. The molecule has 0 saturated carbocycles. The molecule has 2 aromatic heterocycles. The first kappa shape index (κ1) is 25.2. The highest BCUT2D eigenvalue weighted by atomic mass is 19.1. The van der Waals surface area contributed by atoms with Crippen LogP contribution >= 0.6 is 0 Å². The van der Waals surface area contributed by atoms with E-state index in [1.807, 2.05) is 24.3 Å². The molecule has 5 heterocycles. The maximum Gasteiger partial charge on any atom is 0.319 e. The van der Waals surface area contributed by atoms with Gasteiger partial charge in [0.1, 0.15) is 34.8 Å². The van der Waals surface area contributed by atoms with E-state index in [-0.39, 0.29) is 34.4 Å². The van der Waals surface area contributed by atoms with Gasteiger partial charge in [-0.25, -0.2) is 9.37 Å². The van der Waals surface area contributed by atoms with Gasteiger partial charge < -0.3 is 24.8 Å². The van der Waals surface area contributed by atoms with E-state index in [2.05, 4.69) is 25.1 Å². The van der Waals surface area contributed by atoms with Gasteiger partial charge in [-0.3, -0.25) is 4.90 Å². The molecule has 3 aliphatic rings. The van der Waals surface area contributed by atoms with E-state index in [1.165, 1.54) is 13.2 Å². The lowest BCUT2D eigenvalue weighted by Crippen LogP contribution is -2.44. The van der Waals surface area contributed by atoms with Crippen molar-refractivity contribution in [2.45, 2.75) is 31.2 Å². The zero-order chi connectivity index (χ0) is 27.3. The number of fused-ring (bicyclic) bond motifs is 3. The Morgan fingerprint density at radius 3 is 2.58 bits per heavy atom. The van der Waals surface area contributed by atoms with Crippen molar-refractivity contribution in [3.05, 3.63) is 42.2 Å². The number of nitrogens with one attached hydrogen (secondary N) is 1. The molecule has 0 amide bonds. The Labute approximate surface area is 231 Å². The third-order valence-electron chi connectivity index (χ3n) is 8.71. The van der Waals surface area contributed by atoms with Gasteiger partial charge in [0.2, 0.25) is 5.88 Å². The van der Waals surface area contributed by atoms with Crippen LogP contribution in [0.5, 0.6) is 17.6 Å². The molecule has 0 unspecified atom stereocenters. The fourth-order valence-electron chi connectivity index (χ4n) is 6.75. The molecule has 0 spiro atoms. The van der Waals surface area contributed by atoms with Gasteiger partial charge in [0.25, 0.3) is 0 Å². The molecule has 2 aromatic carbocycles. The maximum atomic E-state index is 16.6. The maximum absolute atomic E-state index is 16.6. The topological polar surface area (TPSA) is 95.9 Å². The predicted molar refractivity (Wildman–Crippen MR) is 152 cm³/mol. The molecule has 2 N–H and O–H groups in total. The first-order valence-corrected chi connectivity index (χ1v) is 14.1. The normalized spacial score (nSPS) is 18.9. The average molecular weight is 545 g/mol. The summed E-state index contributed by atoms with van der Waals surface area (Å²) >= 11 is 0. The van der Waals surface area contributed by atoms with E-state index in [9.17, 15) is 5.11 Å². The van der Waals surface area contributed by atoms with E-state index in [0.29, 0.717) is 36.5 Å². The second-order valence-electron chi connectivity index (χ2n) is 11.0. The molecule has 3 aliphatic heterocycles. The van der Waals surface area contributed by atoms with Gasteiger partial charge >= 0.3 is 6.01 Å². The zero-order valence-electron chi connectivity index (χ0n) is 22.6. The van der Waals surface area contributed by atoms with E-state index >= 15 is 4.39 Å². The number of rotatable bonds is 6. The van der Waals surface area contributed by atoms with Gasteiger partial charge in [-0.05, 0) is 61.7 Å². The van der Waals surface area contributed by atoms with E-state index < -0.39 is 5.82 Å². The van der Waals surface area contributed by atoms with Crippen LogP contribution in [0.2, 0.25) is 0 Å². The minimum absolute atomic E-state index is 0.00758. The van der Waals surface area contributed by atoms with Crippen LogP contribution in [0.15, 0.2) is 36.4 Å². The van der Waals surface area contributed by atoms with Crippen LogP contribution in [0.3, 0.4) is 0 Å². The summed E-state index contributed by atoms with van der Waals surface area (Å²) in [7, 11) is 1.52. The van der Waals surface area contributed by atoms with Crippen LogP contribution in [0.25, 0.3) is 32.9 Å². The molecule has 208 valence electrons. The van der Waals surface area contributed by atoms with Gasteiger partial charge in [0, 0.05) is 31.7 Å². The number of halogens is 1. The van der Waals surface area contributed by atoms with E-state index in [4.69, 9.17) is 14.5 Å². The fraction of sp³-hybridized carbons (Fsp3) is 0.433. The summed E-state index contributed by atoms with van der Waals surface area (Å²) in [6.07, 6.45) is 4.50. The van der Waals surface area contributed by atoms with Crippen molar-refractivity contribution in [3.63, 3.8) is 0 Å². The molecule has 0 radical (unpaired) electrons. The molecule has 0 bridgehead atoms. The highest BCUT2D eigenvalue weighted by Gasteiger charge is 2.45. The minimum Gasteiger partial charge on any atom is -0.508 e.